The van der Waals surface area contributed by atoms with Gasteiger partial charge in [-0.15, -0.1) is 0 Å². The summed E-state index contributed by atoms with van der Waals surface area (Å²) < 4.78 is 39.4. The van der Waals surface area contributed by atoms with Crippen LogP contribution >= 0.6 is 0 Å². The number of fused-ring (bicyclic) bond motifs is 1. The van der Waals surface area contributed by atoms with Gasteiger partial charge < -0.3 is 5.73 Å². The van der Waals surface area contributed by atoms with Crippen molar-refractivity contribution in [3.05, 3.63) is 70.8 Å². The first-order chi connectivity index (χ1) is 9.98. The molecular weight excluding hydrogens is 275 g/mol. The Morgan fingerprint density at radius 1 is 1.00 bits per heavy atom. The molecule has 1 nitrogen and oxygen atoms in total. The van der Waals surface area contributed by atoms with Crippen LogP contribution in [-0.4, -0.2) is 0 Å². The van der Waals surface area contributed by atoms with Gasteiger partial charge in [0.25, 0.3) is 0 Å². The zero-order valence-electron chi connectivity index (χ0n) is 11.4. The van der Waals surface area contributed by atoms with E-state index in [0.717, 1.165) is 24.5 Å². The monoisotopic (exact) mass is 291 g/mol. The highest BCUT2D eigenvalue weighted by molar-refractivity contribution is 5.40. The highest BCUT2D eigenvalue weighted by Gasteiger charge is 2.37. The van der Waals surface area contributed by atoms with E-state index in [2.05, 4.69) is 0 Å². The van der Waals surface area contributed by atoms with Crippen molar-refractivity contribution in [1.82, 2.24) is 0 Å². The lowest BCUT2D eigenvalue weighted by molar-refractivity contribution is -0.138. The van der Waals surface area contributed by atoms with Crippen molar-refractivity contribution in [2.45, 2.75) is 31.0 Å². The molecule has 0 heterocycles. The van der Waals surface area contributed by atoms with E-state index in [-0.39, 0.29) is 11.5 Å². The fraction of sp³-hybridized carbons (Fsp3) is 0.294. The number of benzene rings is 2. The summed E-state index contributed by atoms with van der Waals surface area (Å²) in [4.78, 5) is 0. The SMILES string of the molecule is NC(c1ccccc1C(F)(F)F)C1CCc2ccccc21. The topological polar surface area (TPSA) is 26.0 Å². The largest absolute Gasteiger partial charge is 0.416 e. The van der Waals surface area contributed by atoms with Crippen LogP contribution in [0.3, 0.4) is 0 Å². The summed E-state index contributed by atoms with van der Waals surface area (Å²) in [6.07, 6.45) is -2.69. The van der Waals surface area contributed by atoms with Crippen LogP contribution in [-0.2, 0) is 12.6 Å². The number of halogens is 3. The predicted octanol–water partition coefficient (Wildman–Crippen LogP) is 4.44. The normalized spacial score (nSPS) is 19.3. The quantitative estimate of drug-likeness (QED) is 0.870. The van der Waals surface area contributed by atoms with Crippen LogP contribution in [0, 0.1) is 0 Å². The second-order valence-corrected chi connectivity index (χ2v) is 5.45. The Morgan fingerprint density at radius 3 is 2.43 bits per heavy atom. The lowest BCUT2D eigenvalue weighted by atomic mass is 9.86. The summed E-state index contributed by atoms with van der Waals surface area (Å²) in [7, 11) is 0. The van der Waals surface area contributed by atoms with Gasteiger partial charge in [-0.05, 0) is 35.6 Å². The molecule has 4 heteroatoms. The van der Waals surface area contributed by atoms with Crippen molar-refractivity contribution in [3.8, 4) is 0 Å². The Bertz CT molecular complexity index is 648. The maximum atomic E-state index is 13.1. The number of nitrogens with two attached hydrogens (primary N) is 1. The van der Waals surface area contributed by atoms with Gasteiger partial charge in [0.2, 0.25) is 0 Å². The Morgan fingerprint density at radius 2 is 1.67 bits per heavy atom. The summed E-state index contributed by atoms with van der Waals surface area (Å²) in [5.74, 6) is -0.0512. The van der Waals surface area contributed by atoms with E-state index in [1.807, 2.05) is 24.3 Å². The number of alkyl halides is 3. The highest BCUT2D eigenvalue weighted by Crippen LogP contribution is 2.43. The molecule has 0 bridgehead atoms. The Hall–Kier alpha value is -1.81. The highest BCUT2D eigenvalue weighted by atomic mass is 19.4. The Balaban J connectivity index is 2.00. The summed E-state index contributed by atoms with van der Waals surface area (Å²) in [6.45, 7) is 0. The molecule has 2 aromatic carbocycles. The summed E-state index contributed by atoms with van der Waals surface area (Å²) >= 11 is 0. The van der Waals surface area contributed by atoms with Gasteiger partial charge in [0, 0.05) is 12.0 Å². The molecule has 110 valence electrons. The van der Waals surface area contributed by atoms with Crippen LogP contribution in [0.2, 0.25) is 0 Å². The van der Waals surface area contributed by atoms with E-state index in [1.165, 1.54) is 17.7 Å². The second kappa shape index (κ2) is 5.19. The van der Waals surface area contributed by atoms with Crippen molar-refractivity contribution in [2.24, 2.45) is 5.73 Å². The molecule has 0 saturated heterocycles. The van der Waals surface area contributed by atoms with Crippen molar-refractivity contribution < 1.29 is 13.2 Å². The molecule has 1 aliphatic rings. The van der Waals surface area contributed by atoms with Crippen molar-refractivity contribution >= 4 is 0 Å². The summed E-state index contributed by atoms with van der Waals surface area (Å²) in [6, 6.07) is 12.9. The third kappa shape index (κ3) is 2.56. The van der Waals surface area contributed by atoms with E-state index in [9.17, 15) is 13.2 Å². The third-order valence-corrected chi connectivity index (χ3v) is 4.24. The van der Waals surface area contributed by atoms with Crippen LogP contribution < -0.4 is 5.73 Å². The molecule has 0 saturated carbocycles. The Kier molecular flexibility index (Phi) is 3.49. The third-order valence-electron chi connectivity index (χ3n) is 4.24. The van der Waals surface area contributed by atoms with E-state index < -0.39 is 17.8 Å². The van der Waals surface area contributed by atoms with Crippen molar-refractivity contribution in [2.75, 3.05) is 0 Å². The van der Waals surface area contributed by atoms with E-state index in [1.54, 1.807) is 6.07 Å². The molecule has 2 N–H and O–H groups in total. The molecule has 0 aromatic heterocycles. The fourth-order valence-electron chi connectivity index (χ4n) is 3.23. The number of hydrogen-bond acceptors (Lipinski definition) is 1. The molecule has 3 rings (SSSR count). The molecule has 2 unspecified atom stereocenters. The van der Waals surface area contributed by atoms with Gasteiger partial charge in [0.05, 0.1) is 5.56 Å². The van der Waals surface area contributed by atoms with Gasteiger partial charge in [0.15, 0.2) is 0 Å². The predicted molar refractivity (Wildman–Crippen MR) is 75.9 cm³/mol. The summed E-state index contributed by atoms with van der Waals surface area (Å²) in [5.41, 5.74) is 8.06. The lowest BCUT2D eigenvalue weighted by Gasteiger charge is -2.24. The van der Waals surface area contributed by atoms with Gasteiger partial charge in [-0.3, -0.25) is 0 Å². The molecule has 21 heavy (non-hydrogen) atoms. The van der Waals surface area contributed by atoms with Crippen molar-refractivity contribution in [1.29, 1.82) is 0 Å². The van der Waals surface area contributed by atoms with Crippen molar-refractivity contribution in [3.63, 3.8) is 0 Å². The van der Waals surface area contributed by atoms with Crippen LogP contribution in [0.1, 0.15) is 40.6 Å². The van der Waals surface area contributed by atoms with Crippen LogP contribution in [0.4, 0.5) is 13.2 Å². The van der Waals surface area contributed by atoms with E-state index in [0.29, 0.717) is 0 Å². The molecular formula is C17H16F3N. The molecule has 0 radical (unpaired) electrons. The molecule has 0 fully saturated rings. The first kappa shape index (κ1) is 14.1. The van der Waals surface area contributed by atoms with E-state index >= 15 is 0 Å². The second-order valence-electron chi connectivity index (χ2n) is 5.45. The minimum absolute atomic E-state index is 0.0512. The molecule has 2 atom stereocenters. The van der Waals surface area contributed by atoms with Gasteiger partial charge in [-0.2, -0.15) is 13.2 Å². The van der Waals surface area contributed by atoms with Gasteiger partial charge in [-0.25, -0.2) is 0 Å². The first-order valence-electron chi connectivity index (χ1n) is 6.98. The van der Waals surface area contributed by atoms with Gasteiger partial charge in [0.1, 0.15) is 0 Å². The number of hydrogen-bond donors (Lipinski definition) is 1. The molecule has 0 amide bonds. The van der Waals surface area contributed by atoms with Crippen LogP contribution in [0.15, 0.2) is 48.5 Å². The zero-order valence-corrected chi connectivity index (χ0v) is 11.4. The van der Waals surface area contributed by atoms with Crippen LogP contribution in [0.5, 0.6) is 0 Å². The zero-order chi connectivity index (χ0) is 15.0. The number of aryl methyl sites for hydroxylation is 1. The molecule has 1 aliphatic carbocycles. The average molecular weight is 291 g/mol. The van der Waals surface area contributed by atoms with Crippen LogP contribution in [0.25, 0.3) is 0 Å². The molecule has 0 aliphatic heterocycles. The van der Waals surface area contributed by atoms with E-state index in [4.69, 9.17) is 5.73 Å². The first-order valence-corrected chi connectivity index (χ1v) is 6.98. The number of rotatable bonds is 2. The average Bonchev–Trinajstić information content (AvgIpc) is 2.89. The van der Waals surface area contributed by atoms with Gasteiger partial charge in [-0.1, -0.05) is 42.5 Å². The Labute approximate surface area is 121 Å². The maximum absolute atomic E-state index is 13.1. The minimum Gasteiger partial charge on any atom is -0.323 e. The van der Waals surface area contributed by atoms with Gasteiger partial charge >= 0.3 is 6.18 Å². The molecule has 0 spiro atoms. The smallest absolute Gasteiger partial charge is 0.323 e. The lowest BCUT2D eigenvalue weighted by Crippen LogP contribution is -2.22. The standard InChI is InChI=1S/C17H16F3N/c18-17(19,20)15-8-4-3-7-14(15)16(21)13-10-9-11-5-1-2-6-12(11)13/h1-8,13,16H,9-10,21H2. The minimum atomic E-state index is -4.37. The summed E-state index contributed by atoms with van der Waals surface area (Å²) in [5, 5.41) is 0. The fourth-order valence-corrected chi connectivity index (χ4v) is 3.23. The molecule has 2 aromatic rings. The maximum Gasteiger partial charge on any atom is 0.416 e.